The Balaban J connectivity index is 0.00000240. The molecule has 1 N–H and O–H groups in total. The highest BCUT2D eigenvalue weighted by atomic mass is 79.9. The predicted molar refractivity (Wildman–Crippen MR) is 123 cm³/mol. The van der Waals surface area contributed by atoms with Gasteiger partial charge in [-0.3, -0.25) is 0 Å². The number of benzene rings is 2. The fourth-order valence-electron chi connectivity index (χ4n) is 2.85. The van der Waals surface area contributed by atoms with Gasteiger partial charge in [0.05, 0.1) is 17.6 Å². The lowest BCUT2D eigenvalue weighted by atomic mass is 10.1. The maximum atomic E-state index is 11.8. The summed E-state index contributed by atoms with van der Waals surface area (Å²) < 4.78 is 6.06. The van der Waals surface area contributed by atoms with Gasteiger partial charge in [-0.15, -0.1) is 23.7 Å². The van der Waals surface area contributed by atoms with Gasteiger partial charge in [-0.25, -0.2) is 14.8 Å². The van der Waals surface area contributed by atoms with Crippen molar-refractivity contribution in [3.05, 3.63) is 70.3 Å². The highest BCUT2D eigenvalue weighted by Crippen LogP contribution is 2.37. The molecule has 148 valence electrons. The van der Waals surface area contributed by atoms with E-state index in [2.05, 4.69) is 48.7 Å². The Hall–Kier alpha value is -2.48. The van der Waals surface area contributed by atoms with Crippen molar-refractivity contribution in [2.45, 2.75) is 6.92 Å². The maximum absolute atomic E-state index is 11.8. The minimum absolute atomic E-state index is 0. The second-order valence-electron chi connectivity index (χ2n) is 5.98. The molecule has 0 radical (unpaired) electrons. The molecule has 2 aromatic heterocycles. The molecule has 0 atom stereocenters. The van der Waals surface area contributed by atoms with Gasteiger partial charge >= 0.3 is 5.97 Å². The zero-order valence-electron chi connectivity index (χ0n) is 15.4. The highest BCUT2D eigenvalue weighted by molar-refractivity contribution is 9.10. The molecule has 2 heterocycles. The van der Waals surface area contributed by atoms with Crippen molar-refractivity contribution < 1.29 is 9.53 Å². The highest BCUT2D eigenvalue weighted by Gasteiger charge is 2.14. The summed E-state index contributed by atoms with van der Waals surface area (Å²) in [5, 5.41) is 6.42. The first-order chi connectivity index (χ1) is 13.7. The zero-order chi connectivity index (χ0) is 19.5. The lowest BCUT2D eigenvalue weighted by Crippen LogP contribution is -2.04. The lowest BCUT2D eigenvalue weighted by Gasteiger charge is -2.09. The number of ether oxygens (including phenoxy) is 1. The quantitative estimate of drug-likeness (QED) is 0.325. The van der Waals surface area contributed by atoms with Crippen LogP contribution in [0.15, 0.2) is 64.7 Å². The van der Waals surface area contributed by atoms with E-state index in [4.69, 9.17) is 4.74 Å². The fraction of sp³-hybridized carbons (Fsp3) is 0.0952. The predicted octanol–water partition coefficient (Wildman–Crippen LogP) is 6.46. The van der Waals surface area contributed by atoms with Gasteiger partial charge in [-0.1, -0.05) is 28.1 Å². The van der Waals surface area contributed by atoms with E-state index in [1.54, 1.807) is 36.7 Å². The average molecular weight is 491 g/mol. The molecule has 0 unspecified atom stereocenters. The van der Waals surface area contributed by atoms with Crippen LogP contribution in [0.25, 0.3) is 21.3 Å². The molecule has 0 bridgehead atoms. The van der Waals surface area contributed by atoms with Crippen LogP contribution in [-0.2, 0) is 4.74 Å². The second-order valence-corrected chi connectivity index (χ2v) is 7.76. The Morgan fingerprint density at radius 3 is 2.52 bits per heavy atom. The van der Waals surface area contributed by atoms with Crippen molar-refractivity contribution in [1.82, 2.24) is 9.97 Å². The van der Waals surface area contributed by atoms with Gasteiger partial charge < -0.3 is 10.1 Å². The summed E-state index contributed by atoms with van der Waals surface area (Å²) in [7, 11) is 0. The van der Waals surface area contributed by atoms with Crippen molar-refractivity contribution in [1.29, 1.82) is 0 Å². The van der Waals surface area contributed by atoms with E-state index in [1.807, 2.05) is 24.3 Å². The summed E-state index contributed by atoms with van der Waals surface area (Å²) in [6.07, 6.45) is 1.56. The molecular weight excluding hydrogens is 474 g/mol. The largest absolute Gasteiger partial charge is 0.462 e. The number of nitrogens with one attached hydrogen (secondary N) is 1. The molecule has 4 aromatic rings. The number of thiophene rings is 1. The molecule has 0 aliphatic carbocycles. The van der Waals surface area contributed by atoms with Gasteiger partial charge in [0.1, 0.15) is 17.0 Å². The van der Waals surface area contributed by atoms with Crippen LogP contribution in [0.4, 0.5) is 11.5 Å². The molecule has 0 aliphatic heterocycles. The molecule has 0 spiro atoms. The molecule has 0 amide bonds. The number of nitrogens with zero attached hydrogens (tertiary/aromatic N) is 2. The van der Waals surface area contributed by atoms with Crippen LogP contribution < -0.4 is 5.32 Å². The van der Waals surface area contributed by atoms with Crippen molar-refractivity contribution in [3.63, 3.8) is 0 Å². The first-order valence-electron chi connectivity index (χ1n) is 8.68. The van der Waals surface area contributed by atoms with E-state index in [1.165, 1.54) is 0 Å². The third kappa shape index (κ3) is 4.58. The molecule has 4 rings (SSSR count). The molecule has 0 fully saturated rings. The number of fused-ring (bicyclic) bond motifs is 1. The summed E-state index contributed by atoms with van der Waals surface area (Å²) in [4.78, 5) is 21.6. The van der Waals surface area contributed by atoms with E-state index in [0.717, 1.165) is 37.3 Å². The number of aromatic nitrogens is 2. The van der Waals surface area contributed by atoms with E-state index >= 15 is 0 Å². The van der Waals surface area contributed by atoms with Crippen molar-refractivity contribution >= 4 is 67.4 Å². The van der Waals surface area contributed by atoms with Crippen LogP contribution in [0.2, 0.25) is 0 Å². The molecule has 8 heteroatoms. The van der Waals surface area contributed by atoms with Crippen molar-refractivity contribution in [2.24, 2.45) is 0 Å². The van der Waals surface area contributed by atoms with Gasteiger partial charge in [-0.2, -0.15) is 0 Å². The van der Waals surface area contributed by atoms with Gasteiger partial charge in [0.25, 0.3) is 0 Å². The number of carbonyl (C=O) groups excluding carboxylic acids is 1. The number of carbonyl (C=O) groups is 1. The van der Waals surface area contributed by atoms with Gasteiger partial charge in [-0.05, 0) is 48.9 Å². The fourth-order valence-corrected chi connectivity index (χ4v) is 4.03. The summed E-state index contributed by atoms with van der Waals surface area (Å²) in [5.74, 6) is 0.405. The topological polar surface area (TPSA) is 64.1 Å². The maximum Gasteiger partial charge on any atom is 0.338 e. The van der Waals surface area contributed by atoms with Gasteiger partial charge in [0.2, 0.25) is 0 Å². The molecule has 0 saturated heterocycles. The van der Waals surface area contributed by atoms with Gasteiger partial charge in [0, 0.05) is 21.1 Å². The summed E-state index contributed by atoms with van der Waals surface area (Å²) >= 11 is 5.06. The molecule has 0 saturated carbocycles. The van der Waals surface area contributed by atoms with Crippen LogP contribution >= 0.6 is 39.7 Å². The minimum atomic E-state index is -0.325. The Morgan fingerprint density at radius 1 is 1.10 bits per heavy atom. The number of esters is 1. The summed E-state index contributed by atoms with van der Waals surface area (Å²) in [5.41, 5.74) is 3.54. The monoisotopic (exact) mass is 489 g/mol. The Morgan fingerprint density at radius 2 is 1.83 bits per heavy atom. The molecule has 0 aliphatic rings. The number of rotatable bonds is 5. The van der Waals surface area contributed by atoms with E-state index in [-0.39, 0.29) is 18.4 Å². The SMILES string of the molecule is CCOC(=O)c1ccc(Nc2ncnc3scc(-c4ccc(Br)cc4)c23)cc1.Cl. The van der Waals surface area contributed by atoms with Crippen LogP contribution in [0.1, 0.15) is 17.3 Å². The Kier molecular flexibility index (Phi) is 6.84. The summed E-state index contributed by atoms with van der Waals surface area (Å²) in [6, 6.07) is 15.3. The Labute approximate surface area is 186 Å². The van der Waals surface area contributed by atoms with E-state index in [9.17, 15) is 4.79 Å². The molecule has 2 aromatic carbocycles. The van der Waals surface area contributed by atoms with Gasteiger partial charge in [0.15, 0.2) is 0 Å². The van der Waals surface area contributed by atoms with E-state index in [0.29, 0.717) is 12.2 Å². The van der Waals surface area contributed by atoms with Crippen LogP contribution in [0.5, 0.6) is 0 Å². The standard InChI is InChI=1S/C21H16BrN3O2S.ClH/c1-2-27-21(26)14-5-9-16(10-6-14)25-19-18-17(11-28-20(18)24-12-23-19)13-3-7-15(22)8-4-13;/h3-12H,2H2,1H3,(H,23,24,25);1H. The van der Waals surface area contributed by atoms with Crippen molar-refractivity contribution in [2.75, 3.05) is 11.9 Å². The first kappa shape index (κ1) is 21.2. The number of hydrogen-bond acceptors (Lipinski definition) is 6. The Bertz CT molecular complexity index is 1130. The normalized spacial score (nSPS) is 10.4. The zero-order valence-corrected chi connectivity index (χ0v) is 18.6. The minimum Gasteiger partial charge on any atom is -0.462 e. The average Bonchev–Trinajstić information content (AvgIpc) is 3.14. The number of halogens is 2. The second kappa shape index (κ2) is 9.35. The van der Waals surface area contributed by atoms with Crippen molar-refractivity contribution in [3.8, 4) is 11.1 Å². The smallest absolute Gasteiger partial charge is 0.338 e. The number of anilines is 2. The van der Waals surface area contributed by atoms with Crippen LogP contribution in [0.3, 0.4) is 0 Å². The van der Waals surface area contributed by atoms with Crippen LogP contribution in [-0.4, -0.2) is 22.5 Å². The van der Waals surface area contributed by atoms with E-state index < -0.39 is 0 Å². The molecule has 5 nitrogen and oxygen atoms in total. The molecular formula is C21H17BrClN3O2S. The van der Waals surface area contributed by atoms with Crippen LogP contribution in [0, 0.1) is 0 Å². The third-order valence-corrected chi connectivity index (χ3v) is 5.60. The first-order valence-corrected chi connectivity index (χ1v) is 10.4. The summed E-state index contributed by atoms with van der Waals surface area (Å²) in [6.45, 7) is 2.15. The third-order valence-electron chi connectivity index (χ3n) is 4.18. The lowest BCUT2D eigenvalue weighted by molar-refractivity contribution is 0.0526. The molecule has 29 heavy (non-hydrogen) atoms. The number of hydrogen-bond donors (Lipinski definition) is 1.